The Labute approximate surface area is 187 Å². The SMILES string of the molecule is Cl.OCCN1CCN(CC(O)CN2c3ccccc3Sc3ccc(Cl)cc32)CC1. The van der Waals surface area contributed by atoms with Crippen molar-refractivity contribution in [3.05, 3.63) is 47.5 Å². The number of β-amino-alcohol motifs (C(OH)–C–C–N with tert-alkyl or cyclic N) is 2. The fourth-order valence-corrected chi connectivity index (χ4v) is 5.15. The monoisotopic (exact) mass is 455 g/mol. The van der Waals surface area contributed by atoms with E-state index in [0.29, 0.717) is 18.1 Å². The Kier molecular flexibility index (Phi) is 8.10. The largest absolute Gasteiger partial charge is 0.395 e. The third kappa shape index (κ3) is 5.39. The van der Waals surface area contributed by atoms with Crippen molar-refractivity contribution in [1.29, 1.82) is 0 Å². The summed E-state index contributed by atoms with van der Waals surface area (Å²) in [7, 11) is 0. The molecular formula is C21H27Cl2N3O2S. The van der Waals surface area contributed by atoms with E-state index in [1.54, 1.807) is 11.8 Å². The van der Waals surface area contributed by atoms with Gasteiger partial charge in [0, 0.05) is 54.1 Å². The molecule has 29 heavy (non-hydrogen) atoms. The first-order valence-electron chi connectivity index (χ1n) is 9.71. The number of benzene rings is 2. The van der Waals surface area contributed by atoms with Gasteiger partial charge in [0.1, 0.15) is 0 Å². The number of halogens is 2. The molecule has 2 aliphatic heterocycles. The smallest absolute Gasteiger partial charge is 0.0845 e. The Morgan fingerprint density at radius 2 is 1.62 bits per heavy atom. The Balaban J connectivity index is 0.00000240. The van der Waals surface area contributed by atoms with Crippen LogP contribution in [0.15, 0.2) is 52.3 Å². The zero-order valence-corrected chi connectivity index (χ0v) is 18.6. The minimum absolute atomic E-state index is 0. The van der Waals surface area contributed by atoms with Crippen LogP contribution in [0.4, 0.5) is 11.4 Å². The van der Waals surface area contributed by atoms with Crippen molar-refractivity contribution in [1.82, 2.24) is 9.80 Å². The summed E-state index contributed by atoms with van der Waals surface area (Å²) in [5.41, 5.74) is 2.18. The molecule has 2 aromatic rings. The fraction of sp³-hybridized carbons (Fsp3) is 0.429. The van der Waals surface area contributed by atoms with Gasteiger partial charge in [-0.3, -0.25) is 9.80 Å². The van der Waals surface area contributed by atoms with Gasteiger partial charge in [-0.2, -0.15) is 0 Å². The molecule has 0 bridgehead atoms. The summed E-state index contributed by atoms with van der Waals surface area (Å²) in [6.45, 7) is 5.84. The van der Waals surface area contributed by atoms with Crippen LogP contribution in [-0.4, -0.2) is 78.5 Å². The van der Waals surface area contributed by atoms with Crippen LogP contribution in [-0.2, 0) is 0 Å². The van der Waals surface area contributed by atoms with Crippen molar-refractivity contribution in [2.45, 2.75) is 15.9 Å². The molecule has 158 valence electrons. The zero-order chi connectivity index (χ0) is 19.5. The lowest BCUT2D eigenvalue weighted by atomic mass is 10.2. The predicted molar refractivity (Wildman–Crippen MR) is 122 cm³/mol. The molecule has 4 rings (SSSR count). The van der Waals surface area contributed by atoms with Gasteiger partial charge >= 0.3 is 0 Å². The molecule has 0 spiro atoms. The number of para-hydroxylation sites is 1. The number of hydrogen-bond donors (Lipinski definition) is 2. The molecule has 1 fully saturated rings. The summed E-state index contributed by atoms with van der Waals surface area (Å²) in [5, 5.41) is 20.7. The van der Waals surface area contributed by atoms with Crippen molar-refractivity contribution in [3.63, 3.8) is 0 Å². The van der Waals surface area contributed by atoms with Gasteiger partial charge in [-0.15, -0.1) is 12.4 Å². The van der Waals surface area contributed by atoms with Gasteiger partial charge in [0.25, 0.3) is 0 Å². The lowest BCUT2D eigenvalue weighted by Gasteiger charge is -2.37. The van der Waals surface area contributed by atoms with E-state index in [0.717, 1.165) is 49.0 Å². The summed E-state index contributed by atoms with van der Waals surface area (Å²) in [4.78, 5) is 9.12. The van der Waals surface area contributed by atoms with Crippen LogP contribution in [0.1, 0.15) is 0 Å². The maximum Gasteiger partial charge on any atom is 0.0845 e. The molecule has 0 aromatic heterocycles. The lowest BCUT2D eigenvalue weighted by Crippen LogP contribution is -2.50. The van der Waals surface area contributed by atoms with E-state index in [4.69, 9.17) is 16.7 Å². The van der Waals surface area contributed by atoms with Crippen molar-refractivity contribution in [2.75, 3.05) is 57.3 Å². The third-order valence-corrected chi connectivity index (χ3v) is 6.70. The van der Waals surface area contributed by atoms with Gasteiger partial charge in [-0.05, 0) is 30.3 Å². The maximum absolute atomic E-state index is 10.9. The normalized spacial score (nSPS) is 18.0. The van der Waals surface area contributed by atoms with Crippen molar-refractivity contribution < 1.29 is 10.2 Å². The van der Waals surface area contributed by atoms with Crippen LogP contribution in [0.5, 0.6) is 0 Å². The maximum atomic E-state index is 10.9. The van der Waals surface area contributed by atoms with Crippen molar-refractivity contribution in [2.24, 2.45) is 0 Å². The molecule has 1 unspecified atom stereocenters. The summed E-state index contributed by atoms with van der Waals surface area (Å²) in [6.07, 6.45) is -0.465. The first kappa shape index (κ1) is 22.7. The molecule has 2 aromatic carbocycles. The highest BCUT2D eigenvalue weighted by Gasteiger charge is 2.26. The van der Waals surface area contributed by atoms with Gasteiger partial charge in [-0.1, -0.05) is 35.5 Å². The van der Waals surface area contributed by atoms with Crippen LogP contribution in [0.3, 0.4) is 0 Å². The molecule has 5 nitrogen and oxygen atoms in total. The first-order chi connectivity index (χ1) is 13.6. The fourth-order valence-electron chi connectivity index (χ4n) is 3.90. The molecule has 8 heteroatoms. The average molecular weight is 456 g/mol. The second kappa shape index (κ2) is 10.4. The van der Waals surface area contributed by atoms with E-state index in [2.05, 4.69) is 32.9 Å². The van der Waals surface area contributed by atoms with Crippen LogP contribution in [0.2, 0.25) is 5.02 Å². The van der Waals surface area contributed by atoms with Crippen LogP contribution >= 0.6 is 35.8 Å². The van der Waals surface area contributed by atoms with Crippen LogP contribution < -0.4 is 4.90 Å². The van der Waals surface area contributed by atoms with Crippen molar-refractivity contribution >= 4 is 47.1 Å². The van der Waals surface area contributed by atoms with Crippen molar-refractivity contribution in [3.8, 4) is 0 Å². The van der Waals surface area contributed by atoms with Crippen LogP contribution in [0, 0.1) is 0 Å². The van der Waals surface area contributed by atoms with E-state index >= 15 is 0 Å². The molecule has 0 aliphatic carbocycles. The highest BCUT2D eigenvalue weighted by molar-refractivity contribution is 7.99. The molecule has 0 saturated carbocycles. The summed E-state index contributed by atoms with van der Waals surface area (Å²) in [5.74, 6) is 0. The Bertz CT molecular complexity index is 818. The van der Waals surface area contributed by atoms with Gasteiger partial charge in [0.05, 0.1) is 30.6 Å². The lowest BCUT2D eigenvalue weighted by molar-refractivity contribution is 0.0695. The molecule has 1 atom stereocenters. The number of aliphatic hydroxyl groups is 2. The second-order valence-corrected chi connectivity index (χ2v) is 8.83. The number of rotatable bonds is 6. The molecular weight excluding hydrogens is 429 g/mol. The minimum atomic E-state index is -0.465. The molecule has 1 saturated heterocycles. The number of hydrogen-bond acceptors (Lipinski definition) is 6. The summed E-state index contributed by atoms with van der Waals surface area (Å²) in [6, 6.07) is 14.3. The first-order valence-corrected chi connectivity index (χ1v) is 10.9. The number of nitrogens with zero attached hydrogens (tertiary/aromatic N) is 3. The van der Waals surface area contributed by atoms with Gasteiger partial charge in [0.2, 0.25) is 0 Å². The summed E-state index contributed by atoms with van der Waals surface area (Å²) >= 11 is 8.02. The standard InChI is InChI=1S/C21H26ClN3O2S.ClH/c22-16-5-6-21-19(13-16)25(18-3-1-2-4-20(18)28-21)15-17(27)14-24-9-7-23(8-10-24)11-12-26;/h1-6,13,17,26-27H,7-12,14-15H2;1H. The highest BCUT2D eigenvalue weighted by atomic mass is 35.5. The zero-order valence-electron chi connectivity index (χ0n) is 16.2. The number of piperazine rings is 1. The Morgan fingerprint density at radius 3 is 2.38 bits per heavy atom. The van der Waals surface area contributed by atoms with E-state index in [1.807, 2.05) is 24.3 Å². The molecule has 0 amide bonds. The second-order valence-electron chi connectivity index (χ2n) is 7.31. The van der Waals surface area contributed by atoms with Gasteiger partial charge in [-0.25, -0.2) is 0 Å². The van der Waals surface area contributed by atoms with Gasteiger partial charge in [0.15, 0.2) is 0 Å². The molecule has 2 heterocycles. The van der Waals surface area contributed by atoms with Crippen LogP contribution in [0.25, 0.3) is 0 Å². The van der Waals surface area contributed by atoms with E-state index < -0.39 is 6.10 Å². The third-order valence-electron chi connectivity index (χ3n) is 5.33. The highest BCUT2D eigenvalue weighted by Crippen LogP contribution is 2.48. The van der Waals surface area contributed by atoms with E-state index in [-0.39, 0.29) is 19.0 Å². The Morgan fingerprint density at radius 1 is 0.931 bits per heavy atom. The number of aliphatic hydroxyl groups excluding tert-OH is 2. The molecule has 0 radical (unpaired) electrons. The number of anilines is 2. The molecule has 2 N–H and O–H groups in total. The number of fused-ring (bicyclic) bond motifs is 2. The quantitative estimate of drug-likeness (QED) is 0.696. The molecule has 2 aliphatic rings. The summed E-state index contributed by atoms with van der Waals surface area (Å²) < 4.78 is 0. The average Bonchev–Trinajstić information content (AvgIpc) is 2.70. The van der Waals surface area contributed by atoms with Gasteiger partial charge < -0.3 is 15.1 Å². The Hall–Kier alpha value is -0.990. The van der Waals surface area contributed by atoms with E-state index in [9.17, 15) is 5.11 Å². The van der Waals surface area contributed by atoms with E-state index in [1.165, 1.54) is 4.90 Å². The minimum Gasteiger partial charge on any atom is -0.395 e. The predicted octanol–water partition coefficient (Wildman–Crippen LogP) is 3.34. The topological polar surface area (TPSA) is 50.2 Å².